The molecule has 2 aromatic heterocycles. The molecule has 1 saturated carbocycles. The second kappa shape index (κ2) is 17.2. The van der Waals surface area contributed by atoms with Crippen LogP contribution in [-0.4, -0.2) is 52.5 Å². The van der Waals surface area contributed by atoms with Crippen LogP contribution in [0.3, 0.4) is 0 Å². The molecule has 1 unspecified atom stereocenters. The first-order valence-electron chi connectivity index (χ1n) is 14.9. The number of nitrogens with zero attached hydrogens (tertiary/aromatic N) is 3. The van der Waals surface area contributed by atoms with E-state index in [-0.39, 0.29) is 29.2 Å². The lowest BCUT2D eigenvalue weighted by molar-refractivity contribution is -0.150. The summed E-state index contributed by atoms with van der Waals surface area (Å²) in [6.07, 6.45) is 11.2. The third-order valence-electron chi connectivity index (χ3n) is 7.27. The van der Waals surface area contributed by atoms with Gasteiger partial charge in [-0.05, 0) is 88.4 Å². The third kappa shape index (κ3) is 9.97. The quantitative estimate of drug-likeness (QED) is 0.0581. The van der Waals surface area contributed by atoms with Crippen LogP contribution in [0.25, 0.3) is 11.0 Å². The number of benzene rings is 1. The molecular formula is C34H43ClN6O3. The third-order valence-corrected chi connectivity index (χ3v) is 7.55. The molecule has 3 aromatic rings. The van der Waals surface area contributed by atoms with E-state index in [2.05, 4.69) is 33.7 Å². The normalized spacial score (nSPS) is 13.8. The lowest BCUT2D eigenvalue weighted by Crippen LogP contribution is -2.38. The zero-order chi connectivity index (χ0) is 32.1. The van der Waals surface area contributed by atoms with Crippen molar-refractivity contribution in [1.29, 1.82) is 5.41 Å². The van der Waals surface area contributed by atoms with Gasteiger partial charge in [-0.1, -0.05) is 55.2 Å². The van der Waals surface area contributed by atoms with Crippen LogP contribution in [0.1, 0.15) is 69.6 Å². The number of nitrogen functional groups attached to an aromatic ring is 1. The van der Waals surface area contributed by atoms with Crippen molar-refractivity contribution < 1.29 is 14.3 Å². The first kappa shape index (κ1) is 34.4. The highest BCUT2D eigenvalue weighted by atomic mass is 35.5. The van der Waals surface area contributed by atoms with Crippen LogP contribution in [0.15, 0.2) is 54.4 Å². The van der Waals surface area contributed by atoms with Crippen molar-refractivity contribution in [2.45, 2.75) is 78.0 Å². The Kier molecular flexibility index (Phi) is 13.5. The van der Waals surface area contributed by atoms with Gasteiger partial charge in [-0.3, -0.25) is 4.79 Å². The summed E-state index contributed by atoms with van der Waals surface area (Å²) in [5.41, 5.74) is 10.1. The smallest absolute Gasteiger partial charge is 0.323 e. The van der Waals surface area contributed by atoms with Crippen LogP contribution < -0.4 is 11.1 Å². The van der Waals surface area contributed by atoms with Gasteiger partial charge in [-0.15, -0.1) is 0 Å². The zero-order valence-corrected chi connectivity index (χ0v) is 26.8. The monoisotopic (exact) mass is 618 g/mol. The molecule has 0 saturated heterocycles. The maximum atomic E-state index is 12.3. The number of fused-ring (bicyclic) bond motifs is 1. The van der Waals surface area contributed by atoms with E-state index < -0.39 is 0 Å². The molecule has 9 nitrogen and oxygen atoms in total. The minimum atomic E-state index is -0.322. The number of nitrogens with one attached hydrogen (secondary N) is 2. The van der Waals surface area contributed by atoms with Crippen molar-refractivity contribution in [3.63, 3.8) is 0 Å². The molecule has 0 spiro atoms. The summed E-state index contributed by atoms with van der Waals surface area (Å²) in [5.74, 6) is 6.97. The number of carbonyl (C=O) groups is 1. The number of nitrogens with two attached hydrogens (primary N) is 1. The van der Waals surface area contributed by atoms with Crippen LogP contribution in [0.4, 0.5) is 5.95 Å². The molecule has 1 aliphatic rings. The fourth-order valence-electron chi connectivity index (χ4n) is 4.59. The second-order valence-electron chi connectivity index (χ2n) is 10.6. The van der Waals surface area contributed by atoms with E-state index in [0.29, 0.717) is 35.4 Å². The summed E-state index contributed by atoms with van der Waals surface area (Å²) in [4.78, 5) is 20.8. The fraction of sp³-hybridized carbons (Fsp3) is 0.412. The fourth-order valence-corrected chi connectivity index (χ4v) is 4.86. The topological polar surface area (TPSA) is 128 Å². The average molecular weight is 619 g/mol. The molecule has 1 fully saturated rings. The molecule has 234 valence electrons. The molecule has 10 heteroatoms. The van der Waals surface area contributed by atoms with E-state index in [9.17, 15) is 4.79 Å². The minimum Gasteiger partial charge on any atom is -0.497 e. The summed E-state index contributed by atoms with van der Waals surface area (Å²) in [5, 5.41) is 10.5. The lowest BCUT2D eigenvalue weighted by Gasteiger charge is -2.17. The molecule has 4 rings (SSSR count). The highest BCUT2D eigenvalue weighted by Crippen LogP contribution is 2.27. The number of methoxy groups -OCH3 is 1. The Bertz CT molecular complexity index is 1530. The van der Waals surface area contributed by atoms with Gasteiger partial charge in [0.25, 0.3) is 0 Å². The predicted octanol–water partition coefficient (Wildman–Crippen LogP) is 6.23. The van der Waals surface area contributed by atoms with Gasteiger partial charge in [0.15, 0.2) is 0 Å². The highest BCUT2D eigenvalue weighted by molar-refractivity contribution is 6.34. The molecule has 4 N–H and O–H groups in total. The summed E-state index contributed by atoms with van der Waals surface area (Å²) in [6, 6.07) is 7.74. The molecule has 44 heavy (non-hydrogen) atoms. The number of anilines is 1. The zero-order valence-electron chi connectivity index (χ0n) is 26.1. The summed E-state index contributed by atoms with van der Waals surface area (Å²) in [7, 11) is 1.59. The number of halogens is 1. The molecule has 0 radical (unpaired) electrons. The van der Waals surface area contributed by atoms with Crippen LogP contribution in [-0.2, 0) is 27.2 Å². The Morgan fingerprint density at radius 2 is 1.95 bits per heavy atom. The largest absolute Gasteiger partial charge is 0.497 e. The van der Waals surface area contributed by atoms with Crippen LogP contribution in [0, 0.1) is 17.3 Å². The molecule has 1 atom stereocenters. The highest BCUT2D eigenvalue weighted by Gasteiger charge is 2.22. The molecule has 0 aliphatic heterocycles. The lowest BCUT2D eigenvalue weighted by atomic mass is 10.1. The number of hydrogen-bond acceptors (Lipinski definition) is 8. The number of allylic oxidation sites excluding steroid dienone is 2. The molecule has 0 bridgehead atoms. The van der Waals surface area contributed by atoms with Crippen molar-refractivity contribution in [2.75, 3.05) is 19.4 Å². The van der Waals surface area contributed by atoms with Crippen LogP contribution >= 0.6 is 11.6 Å². The first-order chi connectivity index (χ1) is 21.2. The molecule has 1 aromatic carbocycles. The summed E-state index contributed by atoms with van der Waals surface area (Å²) >= 11 is 6.45. The number of aromatic nitrogens is 3. The van der Waals surface area contributed by atoms with Crippen molar-refractivity contribution in [3.05, 3.63) is 76.3 Å². The Balaban J connectivity index is 0.00000124. The predicted molar refractivity (Wildman–Crippen MR) is 178 cm³/mol. The van der Waals surface area contributed by atoms with Crippen molar-refractivity contribution in [2.24, 2.45) is 0 Å². The average Bonchev–Trinajstić information content (AvgIpc) is 3.66. The van der Waals surface area contributed by atoms with E-state index >= 15 is 0 Å². The summed E-state index contributed by atoms with van der Waals surface area (Å²) < 4.78 is 12.7. The summed E-state index contributed by atoms with van der Waals surface area (Å²) in [6.45, 7) is 10.8. The van der Waals surface area contributed by atoms with Crippen LogP contribution in [0.5, 0.6) is 0 Å². The number of carbonyl (C=O) groups excluding carboxylic acids is 1. The maximum Gasteiger partial charge on any atom is 0.323 e. The molecular weight excluding hydrogens is 576 g/mol. The van der Waals surface area contributed by atoms with Crippen molar-refractivity contribution >= 4 is 40.8 Å². The second-order valence-corrected chi connectivity index (χ2v) is 11.0. The van der Waals surface area contributed by atoms with Crippen LogP contribution in [0.2, 0.25) is 5.15 Å². The van der Waals surface area contributed by atoms with E-state index in [1.54, 1.807) is 7.11 Å². The number of esters is 1. The molecule has 2 heterocycles. The number of rotatable bonds is 11. The molecule has 0 amide bonds. The Morgan fingerprint density at radius 1 is 1.27 bits per heavy atom. The van der Waals surface area contributed by atoms with Crippen molar-refractivity contribution in [1.82, 2.24) is 19.9 Å². The van der Waals surface area contributed by atoms with E-state index in [4.69, 9.17) is 32.2 Å². The maximum absolute atomic E-state index is 12.3. The number of ether oxygens (including phenoxy) is 2. The van der Waals surface area contributed by atoms with Gasteiger partial charge in [-0.2, -0.15) is 4.98 Å². The standard InChI is InChI=1S/C31H36ClN5O3.C3H7N/c1-20(22(3)39-4)16-18-37-19-25(27-28(32)35-31(33)36-29(27)37)14-13-23-9-11-24(12-10-23)15-17-34-21(2)30(38)40-26-7-5-6-8-26;1-2-3-4/h9-12,16,19,21,26,34H,3,5-8,15,17-18H2,1-2,4H3,(H2,33,35,36);3-4H,2H2,1H3/b20-16+;. The van der Waals surface area contributed by atoms with Gasteiger partial charge in [0.05, 0.1) is 18.1 Å². The Labute approximate surface area is 265 Å². The van der Waals surface area contributed by atoms with Gasteiger partial charge >= 0.3 is 5.97 Å². The van der Waals surface area contributed by atoms with Gasteiger partial charge in [0.1, 0.15) is 28.7 Å². The van der Waals surface area contributed by atoms with E-state index in [1.165, 1.54) is 6.21 Å². The van der Waals surface area contributed by atoms with E-state index in [0.717, 1.165) is 55.2 Å². The Morgan fingerprint density at radius 3 is 2.59 bits per heavy atom. The van der Waals surface area contributed by atoms with Gasteiger partial charge < -0.3 is 30.5 Å². The SMILES string of the molecule is C=C(OC)/C(C)=C/Cn1cc(C#Cc2ccc(CCNC(C)C(=O)OC3CCCC3)cc2)c2c(Cl)nc(N)nc21.CCC=N. The minimum absolute atomic E-state index is 0.0889. The van der Waals surface area contributed by atoms with E-state index in [1.807, 2.05) is 61.9 Å². The Hall–Kier alpha value is -4.13. The first-order valence-corrected chi connectivity index (χ1v) is 15.3. The number of hydrogen-bond donors (Lipinski definition) is 3. The van der Waals surface area contributed by atoms with Gasteiger partial charge in [-0.25, -0.2) is 4.98 Å². The van der Waals surface area contributed by atoms with Crippen molar-refractivity contribution in [3.8, 4) is 11.8 Å². The molecule has 1 aliphatic carbocycles. The van der Waals surface area contributed by atoms with Gasteiger partial charge in [0, 0.05) is 18.3 Å². The van der Waals surface area contributed by atoms with Gasteiger partial charge in [0.2, 0.25) is 5.95 Å².